The zero-order valence-corrected chi connectivity index (χ0v) is 18.7. The number of methoxy groups -OCH3 is 1. The van der Waals surface area contributed by atoms with Crippen LogP contribution < -0.4 is 10.1 Å². The average molecular weight is 447 g/mol. The normalized spacial score (nSPS) is 12.1. The number of carboxylic acid groups (broad SMARTS) is 1. The lowest BCUT2D eigenvalue weighted by atomic mass is 10.0. The quantitative estimate of drug-likeness (QED) is 0.360. The fraction of sp³-hybridized carbons (Fsp3) is 0.222. The maximum atomic E-state index is 13.4. The fourth-order valence-electron chi connectivity index (χ4n) is 4.20. The Bertz CT molecular complexity index is 1250. The van der Waals surface area contributed by atoms with Gasteiger partial charge in [0.25, 0.3) is 0 Å². The minimum absolute atomic E-state index is 0.224. The van der Waals surface area contributed by atoms with Crippen molar-refractivity contribution < 1.29 is 19.0 Å². The summed E-state index contributed by atoms with van der Waals surface area (Å²) in [6.45, 7) is 3.58. The summed E-state index contributed by atoms with van der Waals surface area (Å²) in [5.74, 6) is -0.393. The van der Waals surface area contributed by atoms with Crippen LogP contribution in [0.3, 0.4) is 0 Å². The fourth-order valence-corrected chi connectivity index (χ4v) is 4.20. The molecule has 0 spiro atoms. The molecule has 0 radical (unpaired) electrons. The molecule has 0 saturated heterocycles. The molecule has 0 fully saturated rings. The van der Waals surface area contributed by atoms with E-state index >= 15 is 0 Å². The molecule has 0 saturated carbocycles. The minimum atomic E-state index is -1.000. The van der Waals surface area contributed by atoms with Gasteiger partial charge in [0, 0.05) is 36.7 Å². The molecule has 170 valence electrons. The number of ether oxygens (including phenoxy) is 1. The van der Waals surface area contributed by atoms with Crippen molar-refractivity contribution in [2.24, 2.45) is 0 Å². The molecule has 4 rings (SSSR count). The van der Waals surface area contributed by atoms with Gasteiger partial charge in [-0.15, -0.1) is 0 Å². The number of halogens is 1. The van der Waals surface area contributed by atoms with Crippen LogP contribution in [-0.4, -0.2) is 29.3 Å². The Kier molecular flexibility index (Phi) is 6.75. The van der Waals surface area contributed by atoms with Crippen molar-refractivity contribution in [1.82, 2.24) is 9.88 Å². The molecule has 1 atom stereocenters. The van der Waals surface area contributed by atoms with Crippen LogP contribution in [0, 0.1) is 5.82 Å². The number of fused-ring (bicyclic) bond motifs is 1. The van der Waals surface area contributed by atoms with Crippen LogP contribution in [0.25, 0.3) is 10.9 Å². The SMILES string of the molecule is COc1ccc2c(CNC[C@H](C)c3ccccc3)c(C(=O)O)n(Cc3ccc(F)cc3)c2c1. The number of rotatable bonds is 9. The summed E-state index contributed by atoms with van der Waals surface area (Å²) in [6, 6.07) is 21.9. The Labute approximate surface area is 192 Å². The number of nitrogens with zero attached hydrogens (tertiary/aromatic N) is 1. The van der Waals surface area contributed by atoms with Crippen molar-refractivity contribution >= 4 is 16.9 Å². The Hall–Kier alpha value is -3.64. The van der Waals surface area contributed by atoms with E-state index in [9.17, 15) is 14.3 Å². The third-order valence-corrected chi connectivity index (χ3v) is 5.95. The summed E-state index contributed by atoms with van der Waals surface area (Å²) in [4.78, 5) is 12.4. The van der Waals surface area contributed by atoms with E-state index in [-0.39, 0.29) is 17.4 Å². The molecule has 0 aliphatic rings. The van der Waals surface area contributed by atoms with Gasteiger partial charge in [0.2, 0.25) is 0 Å². The zero-order valence-electron chi connectivity index (χ0n) is 18.7. The highest BCUT2D eigenvalue weighted by atomic mass is 19.1. The van der Waals surface area contributed by atoms with Gasteiger partial charge < -0.3 is 19.7 Å². The summed E-state index contributed by atoms with van der Waals surface area (Å²) in [5, 5.41) is 14.4. The van der Waals surface area contributed by atoms with Gasteiger partial charge in [0.15, 0.2) is 0 Å². The Balaban J connectivity index is 1.69. The summed E-state index contributed by atoms with van der Waals surface area (Å²) in [5.41, 5.74) is 3.76. The first kappa shape index (κ1) is 22.6. The van der Waals surface area contributed by atoms with Gasteiger partial charge in [0.1, 0.15) is 17.3 Å². The highest BCUT2D eigenvalue weighted by molar-refractivity contribution is 5.98. The highest BCUT2D eigenvalue weighted by Crippen LogP contribution is 2.31. The van der Waals surface area contributed by atoms with Gasteiger partial charge in [-0.3, -0.25) is 0 Å². The molecule has 0 bridgehead atoms. The lowest BCUT2D eigenvalue weighted by Crippen LogP contribution is -2.21. The van der Waals surface area contributed by atoms with E-state index in [1.54, 1.807) is 23.8 Å². The number of benzene rings is 3. The number of hydrogen-bond acceptors (Lipinski definition) is 3. The molecule has 1 heterocycles. The molecule has 5 nitrogen and oxygen atoms in total. The van der Waals surface area contributed by atoms with Gasteiger partial charge in [-0.2, -0.15) is 0 Å². The van der Waals surface area contributed by atoms with Gasteiger partial charge in [-0.05, 0) is 41.3 Å². The minimum Gasteiger partial charge on any atom is -0.497 e. The van der Waals surface area contributed by atoms with Crippen molar-refractivity contribution in [3.8, 4) is 5.75 Å². The van der Waals surface area contributed by atoms with Crippen LogP contribution in [0.1, 0.15) is 40.0 Å². The van der Waals surface area contributed by atoms with Crippen LogP contribution in [0.4, 0.5) is 4.39 Å². The van der Waals surface area contributed by atoms with Crippen molar-refractivity contribution in [3.63, 3.8) is 0 Å². The van der Waals surface area contributed by atoms with Crippen molar-refractivity contribution in [2.45, 2.75) is 25.9 Å². The monoisotopic (exact) mass is 446 g/mol. The standard InChI is InChI=1S/C27H27FN2O3/c1-18(20-6-4-3-5-7-20)15-29-16-24-23-13-12-22(33-2)14-25(23)30(26(24)27(31)32)17-19-8-10-21(28)11-9-19/h3-14,18,29H,15-17H2,1-2H3,(H,31,32)/t18-/m0/s1. The van der Waals surface area contributed by atoms with E-state index in [1.165, 1.54) is 17.7 Å². The second kappa shape index (κ2) is 9.88. The second-order valence-electron chi connectivity index (χ2n) is 8.17. The molecule has 4 aromatic rings. The zero-order chi connectivity index (χ0) is 23.4. The first-order chi connectivity index (χ1) is 16.0. The molecule has 33 heavy (non-hydrogen) atoms. The molecule has 1 aromatic heterocycles. The number of aromatic nitrogens is 1. The Morgan fingerprint density at radius 3 is 2.48 bits per heavy atom. The number of hydrogen-bond donors (Lipinski definition) is 2. The van der Waals surface area contributed by atoms with E-state index in [0.717, 1.165) is 22.0 Å². The largest absolute Gasteiger partial charge is 0.497 e. The van der Waals surface area contributed by atoms with Crippen molar-refractivity contribution in [1.29, 1.82) is 0 Å². The maximum Gasteiger partial charge on any atom is 0.352 e. The lowest BCUT2D eigenvalue weighted by Gasteiger charge is -2.14. The summed E-state index contributed by atoms with van der Waals surface area (Å²) in [7, 11) is 1.58. The molecule has 2 N–H and O–H groups in total. The number of carboxylic acids is 1. The van der Waals surface area contributed by atoms with E-state index in [2.05, 4.69) is 24.4 Å². The predicted molar refractivity (Wildman–Crippen MR) is 128 cm³/mol. The maximum absolute atomic E-state index is 13.4. The summed E-state index contributed by atoms with van der Waals surface area (Å²) < 4.78 is 20.5. The average Bonchev–Trinajstić information content (AvgIpc) is 3.13. The number of aromatic carboxylic acids is 1. The topological polar surface area (TPSA) is 63.5 Å². The Morgan fingerprint density at radius 2 is 1.82 bits per heavy atom. The smallest absolute Gasteiger partial charge is 0.352 e. The van der Waals surface area contributed by atoms with E-state index in [1.807, 2.05) is 36.4 Å². The third kappa shape index (κ3) is 4.91. The second-order valence-corrected chi connectivity index (χ2v) is 8.17. The van der Waals surface area contributed by atoms with E-state index in [4.69, 9.17) is 4.74 Å². The first-order valence-corrected chi connectivity index (χ1v) is 10.9. The first-order valence-electron chi connectivity index (χ1n) is 10.9. The van der Waals surface area contributed by atoms with Gasteiger partial charge in [0.05, 0.1) is 12.6 Å². The van der Waals surface area contributed by atoms with Gasteiger partial charge >= 0.3 is 5.97 Å². The molecular weight excluding hydrogens is 419 g/mol. The van der Waals surface area contributed by atoms with Crippen LogP contribution in [0.5, 0.6) is 5.75 Å². The molecule has 0 unspecified atom stereocenters. The summed E-state index contributed by atoms with van der Waals surface area (Å²) >= 11 is 0. The van der Waals surface area contributed by atoms with Gasteiger partial charge in [-0.1, -0.05) is 49.4 Å². The molecule has 0 aliphatic carbocycles. The van der Waals surface area contributed by atoms with E-state index in [0.29, 0.717) is 25.4 Å². The molecule has 0 aliphatic heterocycles. The van der Waals surface area contributed by atoms with Crippen LogP contribution in [-0.2, 0) is 13.1 Å². The molecular formula is C27H27FN2O3. The molecule has 0 amide bonds. The Morgan fingerprint density at radius 1 is 1.09 bits per heavy atom. The highest BCUT2D eigenvalue weighted by Gasteiger charge is 2.23. The number of carbonyl (C=O) groups is 1. The van der Waals surface area contributed by atoms with Gasteiger partial charge in [-0.25, -0.2) is 9.18 Å². The summed E-state index contributed by atoms with van der Waals surface area (Å²) in [6.07, 6.45) is 0. The van der Waals surface area contributed by atoms with Crippen molar-refractivity contribution in [3.05, 3.63) is 101 Å². The third-order valence-electron chi connectivity index (χ3n) is 5.95. The van der Waals surface area contributed by atoms with Crippen molar-refractivity contribution in [2.75, 3.05) is 13.7 Å². The lowest BCUT2D eigenvalue weighted by molar-refractivity contribution is 0.0684. The van der Waals surface area contributed by atoms with Crippen LogP contribution >= 0.6 is 0 Å². The molecule has 6 heteroatoms. The predicted octanol–water partition coefficient (Wildman–Crippen LogP) is 5.43. The van der Waals surface area contributed by atoms with Crippen LogP contribution in [0.15, 0.2) is 72.8 Å². The van der Waals surface area contributed by atoms with E-state index < -0.39 is 5.97 Å². The van der Waals surface area contributed by atoms with Crippen LogP contribution in [0.2, 0.25) is 0 Å². The molecule has 3 aromatic carbocycles. The number of nitrogens with one attached hydrogen (secondary N) is 1.